The highest BCUT2D eigenvalue weighted by Gasteiger charge is 2.53. The fraction of sp³-hybridized carbons (Fsp3) is 0.211. The van der Waals surface area contributed by atoms with Gasteiger partial charge in [0.05, 0.1) is 21.3 Å². The first-order chi connectivity index (χ1) is 16.3. The number of fused-ring (bicyclic) bond motifs is 1. The molecule has 0 bridgehead atoms. The summed E-state index contributed by atoms with van der Waals surface area (Å²) in [6.45, 7) is -0.311. The first kappa shape index (κ1) is 24.5. The molecule has 2 heterocycles. The number of hydroxylamine groups is 1. The van der Waals surface area contributed by atoms with Crippen molar-refractivity contribution >= 4 is 33.6 Å². The van der Waals surface area contributed by atoms with E-state index in [-0.39, 0.29) is 27.9 Å². The summed E-state index contributed by atoms with van der Waals surface area (Å²) in [6, 6.07) is 6.15. The molecule has 1 saturated heterocycles. The van der Waals surface area contributed by atoms with Crippen molar-refractivity contribution in [3.63, 3.8) is 0 Å². The van der Waals surface area contributed by atoms with Gasteiger partial charge in [-0.05, 0) is 29.3 Å². The van der Waals surface area contributed by atoms with Crippen LogP contribution in [0.5, 0.6) is 5.75 Å². The number of ether oxygens (including phenoxy) is 2. The van der Waals surface area contributed by atoms with Gasteiger partial charge in [-0.1, -0.05) is 17.6 Å². The number of hydrogen-bond acceptors (Lipinski definition) is 9. The third kappa shape index (κ3) is 4.80. The molecule has 1 aromatic heterocycles. The highest BCUT2D eigenvalue weighted by Crippen LogP contribution is 2.41. The average Bonchev–Trinajstić information content (AvgIpc) is 3.38. The average molecular weight is 522 g/mol. The van der Waals surface area contributed by atoms with Gasteiger partial charge in [0.25, 0.3) is 0 Å². The molecule has 35 heavy (non-hydrogen) atoms. The molecular formula is C19H12F6N4O5S. The molecule has 1 aliphatic heterocycles. The molecule has 0 spiro atoms. The first-order valence-corrected chi connectivity index (χ1v) is 10.2. The van der Waals surface area contributed by atoms with E-state index < -0.39 is 36.2 Å². The van der Waals surface area contributed by atoms with Crippen molar-refractivity contribution in [2.24, 2.45) is 5.73 Å². The summed E-state index contributed by atoms with van der Waals surface area (Å²) >= 11 is 0.925. The van der Waals surface area contributed by atoms with Gasteiger partial charge in [-0.2, -0.15) is 13.2 Å². The predicted octanol–water partition coefficient (Wildman–Crippen LogP) is 3.78. The zero-order valence-electron chi connectivity index (χ0n) is 16.9. The summed E-state index contributed by atoms with van der Waals surface area (Å²) in [4.78, 5) is 32.1. The van der Waals surface area contributed by atoms with E-state index in [2.05, 4.69) is 19.3 Å². The maximum Gasteiger partial charge on any atom is 0.573 e. The molecule has 16 heteroatoms. The minimum Gasteiger partial charge on any atom is -0.411 e. The Kier molecular flexibility index (Phi) is 5.98. The Morgan fingerprint density at radius 1 is 1.17 bits per heavy atom. The maximum atomic E-state index is 13.0. The highest BCUT2D eigenvalue weighted by molar-refractivity contribution is 7.17. The molecule has 1 fully saturated rings. The second kappa shape index (κ2) is 8.54. The Labute approximate surface area is 194 Å². The topological polar surface area (TPSA) is 125 Å². The van der Waals surface area contributed by atoms with Crippen LogP contribution in [-0.4, -0.2) is 29.6 Å². The van der Waals surface area contributed by atoms with Crippen LogP contribution in [0.1, 0.15) is 11.1 Å². The number of nitrogens with zero attached hydrogens (tertiary/aromatic N) is 1. The molecule has 1 aliphatic rings. The number of thiazole rings is 1. The van der Waals surface area contributed by atoms with Crippen molar-refractivity contribution in [3.8, 4) is 16.9 Å². The minimum atomic E-state index is -5.40. The number of aromatic nitrogens is 1. The SMILES string of the molecule is NCc1cc(-c2ccc(OC(F)(F)F)cc2)c2ncsc2c1C1(OC(=O)C(F)(F)F)NOC(=O)N1. The molecule has 4 N–H and O–H groups in total. The van der Waals surface area contributed by atoms with Crippen LogP contribution in [0.3, 0.4) is 0 Å². The zero-order valence-corrected chi connectivity index (χ0v) is 17.7. The summed E-state index contributed by atoms with van der Waals surface area (Å²) in [5, 5.41) is 2.02. The largest absolute Gasteiger partial charge is 0.573 e. The van der Waals surface area contributed by atoms with Crippen LogP contribution in [0.25, 0.3) is 21.3 Å². The third-order valence-electron chi connectivity index (χ3n) is 4.70. The van der Waals surface area contributed by atoms with E-state index in [9.17, 15) is 35.9 Å². The van der Waals surface area contributed by atoms with Crippen molar-refractivity contribution in [1.29, 1.82) is 0 Å². The predicted molar refractivity (Wildman–Crippen MR) is 106 cm³/mol. The van der Waals surface area contributed by atoms with Crippen molar-refractivity contribution in [3.05, 3.63) is 47.0 Å². The lowest BCUT2D eigenvalue weighted by Crippen LogP contribution is -2.52. The summed E-state index contributed by atoms with van der Waals surface area (Å²) in [5.41, 5.74) is 9.98. The molecule has 1 unspecified atom stereocenters. The van der Waals surface area contributed by atoms with Gasteiger partial charge in [0.2, 0.25) is 0 Å². The van der Waals surface area contributed by atoms with Gasteiger partial charge in [-0.15, -0.1) is 24.5 Å². The van der Waals surface area contributed by atoms with Crippen LogP contribution in [0.15, 0.2) is 35.8 Å². The second-order valence-corrected chi connectivity index (χ2v) is 7.80. The van der Waals surface area contributed by atoms with Crippen LogP contribution in [0.2, 0.25) is 0 Å². The first-order valence-electron chi connectivity index (χ1n) is 9.35. The number of nitrogens with two attached hydrogens (primary N) is 1. The minimum absolute atomic E-state index is 0.112. The van der Waals surface area contributed by atoms with E-state index in [0.29, 0.717) is 11.1 Å². The number of hydrogen-bond donors (Lipinski definition) is 3. The van der Waals surface area contributed by atoms with E-state index in [1.54, 1.807) is 0 Å². The smallest absolute Gasteiger partial charge is 0.411 e. The molecule has 186 valence electrons. The summed E-state index contributed by atoms with van der Waals surface area (Å²) in [5.74, 6) is -5.69. The number of alkyl halides is 6. The number of amides is 1. The molecule has 0 saturated carbocycles. The van der Waals surface area contributed by atoms with Gasteiger partial charge in [-0.3, -0.25) is 5.32 Å². The number of esters is 1. The molecule has 9 nitrogen and oxygen atoms in total. The van der Waals surface area contributed by atoms with Crippen LogP contribution in [0, 0.1) is 0 Å². The number of carbonyl (C=O) groups excluding carboxylic acids is 2. The Morgan fingerprint density at radius 3 is 2.40 bits per heavy atom. The molecule has 4 rings (SSSR count). The van der Waals surface area contributed by atoms with Crippen molar-refractivity contribution in [2.45, 2.75) is 24.9 Å². The molecule has 0 radical (unpaired) electrons. The van der Waals surface area contributed by atoms with E-state index in [1.165, 1.54) is 23.7 Å². The van der Waals surface area contributed by atoms with Crippen LogP contribution < -0.4 is 21.3 Å². The standard InChI is InChI=1S/C19H12F6N4O5S/c20-17(21,22)15(30)33-18(28-16(31)34-29-18)12-9(6-26)5-11(13-14(12)35-7-27-13)8-1-3-10(4-2-8)32-19(23,24)25/h1-5,7,29H,6,26H2,(H,28,31). The number of carbonyl (C=O) groups is 2. The summed E-state index contributed by atoms with van der Waals surface area (Å²) in [6.07, 6.45) is -11.5. The normalized spacial score (nSPS) is 18.3. The monoisotopic (exact) mass is 522 g/mol. The van der Waals surface area contributed by atoms with E-state index in [4.69, 9.17) is 5.73 Å². The van der Waals surface area contributed by atoms with Gasteiger partial charge in [0, 0.05) is 12.1 Å². The lowest BCUT2D eigenvalue weighted by Gasteiger charge is -2.29. The summed E-state index contributed by atoms with van der Waals surface area (Å²) in [7, 11) is 0. The summed E-state index contributed by atoms with van der Waals surface area (Å²) < 4.78 is 84.9. The molecule has 1 amide bonds. The Bertz CT molecular complexity index is 1290. The van der Waals surface area contributed by atoms with Crippen LogP contribution in [0.4, 0.5) is 31.1 Å². The van der Waals surface area contributed by atoms with E-state index in [0.717, 1.165) is 23.5 Å². The fourth-order valence-corrected chi connectivity index (χ4v) is 4.33. The van der Waals surface area contributed by atoms with Gasteiger partial charge >= 0.3 is 30.5 Å². The van der Waals surface area contributed by atoms with Crippen molar-refractivity contribution in [2.75, 3.05) is 0 Å². The number of benzene rings is 2. The van der Waals surface area contributed by atoms with Gasteiger partial charge < -0.3 is 20.0 Å². The van der Waals surface area contributed by atoms with Crippen molar-refractivity contribution < 1.29 is 50.2 Å². The Morgan fingerprint density at radius 2 is 1.86 bits per heavy atom. The van der Waals surface area contributed by atoms with Gasteiger partial charge in [0.1, 0.15) is 5.75 Å². The quantitative estimate of drug-likeness (QED) is 0.342. The lowest BCUT2D eigenvalue weighted by atomic mass is 9.95. The number of nitrogens with one attached hydrogen (secondary N) is 2. The number of halogens is 6. The van der Waals surface area contributed by atoms with Gasteiger partial charge in [0.15, 0.2) is 0 Å². The fourth-order valence-electron chi connectivity index (χ4n) is 3.40. The maximum absolute atomic E-state index is 13.0. The molecular weight excluding hydrogens is 510 g/mol. The van der Waals surface area contributed by atoms with Crippen molar-refractivity contribution in [1.82, 2.24) is 15.8 Å². The molecule has 3 aromatic rings. The third-order valence-corrected chi connectivity index (χ3v) is 5.55. The lowest BCUT2D eigenvalue weighted by molar-refractivity contribution is -0.274. The number of rotatable bonds is 5. The second-order valence-electron chi connectivity index (χ2n) is 6.95. The zero-order chi connectivity index (χ0) is 25.6. The van der Waals surface area contributed by atoms with Gasteiger partial charge in [-0.25, -0.2) is 14.6 Å². The molecule has 2 aromatic carbocycles. The Balaban J connectivity index is 1.85. The molecule has 0 aliphatic carbocycles. The van der Waals surface area contributed by atoms with E-state index >= 15 is 0 Å². The Hall–Kier alpha value is -3.63. The van der Waals surface area contributed by atoms with E-state index in [1.807, 2.05) is 10.8 Å². The highest BCUT2D eigenvalue weighted by atomic mass is 32.1. The molecule has 1 atom stereocenters. The van der Waals surface area contributed by atoms with Crippen LogP contribution in [-0.2, 0) is 26.8 Å². The van der Waals surface area contributed by atoms with Crippen LogP contribution >= 0.6 is 11.3 Å².